The Hall–Kier alpha value is -0.710. The van der Waals surface area contributed by atoms with Crippen LogP contribution in [0, 0.1) is 0 Å². The predicted octanol–water partition coefficient (Wildman–Crippen LogP) is 1.21. The van der Waals surface area contributed by atoms with Gasteiger partial charge < -0.3 is 10.0 Å². The Kier molecular flexibility index (Phi) is 4.94. The Morgan fingerprint density at radius 2 is 2.00 bits per heavy atom. The van der Waals surface area contributed by atoms with Gasteiger partial charge >= 0.3 is 5.97 Å². The largest absolute Gasteiger partial charge is 0.481 e. The minimum atomic E-state index is -0.802. The van der Waals surface area contributed by atoms with Crippen LogP contribution >= 0.6 is 11.8 Å². The molecule has 86 valence electrons. The maximum Gasteiger partial charge on any atom is 0.304 e. The van der Waals surface area contributed by atoms with Crippen molar-refractivity contribution in [2.45, 2.75) is 31.4 Å². The van der Waals surface area contributed by atoms with Gasteiger partial charge in [0.25, 0.3) is 0 Å². The van der Waals surface area contributed by atoms with Gasteiger partial charge in [-0.1, -0.05) is 6.92 Å². The first-order chi connectivity index (χ1) is 7.09. The van der Waals surface area contributed by atoms with Crippen molar-refractivity contribution in [3.05, 3.63) is 0 Å². The number of carbonyl (C=O) groups is 2. The molecule has 0 bridgehead atoms. The molecule has 0 aromatic rings. The fourth-order valence-corrected chi connectivity index (χ4v) is 2.45. The molecule has 1 saturated heterocycles. The van der Waals surface area contributed by atoms with Crippen molar-refractivity contribution in [3.8, 4) is 0 Å². The Bertz CT molecular complexity index is 239. The van der Waals surface area contributed by atoms with Gasteiger partial charge in [-0.15, -0.1) is 11.8 Å². The zero-order chi connectivity index (χ0) is 11.3. The molecule has 15 heavy (non-hydrogen) atoms. The number of thioether (sulfide) groups is 1. The molecule has 5 heteroatoms. The molecule has 1 rings (SSSR count). The zero-order valence-corrected chi connectivity index (χ0v) is 9.76. The molecule has 1 aliphatic heterocycles. The molecule has 0 radical (unpaired) electrons. The van der Waals surface area contributed by atoms with Crippen molar-refractivity contribution in [1.82, 2.24) is 4.90 Å². The molecule has 4 nitrogen and oxygen atoms in total. The first-order valence-corrected chi connectivity index (χ1v) is 6.25. The van der Waals surface area contributed by atoms with Gasteiger partial charge in [0.05, 0.1) is 12.2 Å². The fourth-order valence-electron chi connectivity index (χ4n) is 1.58. The van der Waals surface area contributed by atoms with Crippen LogP contribution in [0.2, 0.25) is 0 Å². The quantitative estimate of drug-likeness (QED) is 0.772. The summed E-state index contributed by atoms with van der Waals surface area (Å²) in [4.78, 5) is 23.9. The lowest BCUT2D eigenvalue weighted by Crippen LogP contribution is -2.29. The zero-order valence-electron chi connectivity index (χ0n) is 8.94. The summed E-state index contributed by atoms with van der Waals surface area (Å²) >= 11 is 1.43. The van der Waals surface area contributed by atoms with Crippen LogP contribution in [0.25, 0.3) is 0 Å². The van der Waals surface area contributed by atoms with Gasteiger partial charge in [0.15, 0.2) is 0 Å². The molecular weight excluding hydrogens is 214 g/mol. The fraction of sp³-hybridized carbons (Fsp3) is 0.800. The second kappa shape index (κ2) is 6.00. The number of carboxylic acid groups (broad SMARTS) is 1. The third-order valence-electron chi connectivity index (χ3n) is 2.41. The molecule has 1 aliphatic rings. The van der Waals surface area contributed by atoms with Crippen molar-refractivity contribution < 1.29 is 14.7 Å². The lowest BCUT2D eigenvalue weighted by atomic mass is 10.3. The van der Waals surface area contributed by atoms with Gasteiger partial charge in [-0.2, -0.15) is 0 Å². The summed E-state index contributed by atoms with van der Waals surface area (Å²) in [6.45, 7) is 3.58. The van der Waals surface area contributed by atoms with Crippen LogP contribution in [0.3, 0.4) is 0 Å². The van der Waals surface area contributed by atoms with Crippen LogP contribution in [0.4, 0.5) is 0 Å². The van der Waals surface area contributed by atoms with Crippen molar-refractivity contribution in [3.63, 3.8) is 0 Å². The smallest absolute Gasteiger partial charge is 0.304 e. The molecule has 1 N–H and O–H groups in total. The van der Waals surface area contributed by atoms with E-state index in [-0.39, 0.29) is 17.6 Å². The topological polar surface area (TPSA) is 57.6 Å². The molecule has 1 heterocycles. The van der Waals surface area contributed by atoms with E-state index in [1.165, 1.54) is 11.8 Å². The molecule has 1 fully saturated rings. The average Bonchev–Trinajstić information content (AvgIpc) is 2.65. The molecule has 0 aliphatic carbocycles. The van der Waals surface area contributed by atoms with Gasteiger partial charge in [0.1, 0.15) is 0 Å². The van der Waals surface area contributed by atoms with Gasteiger partial charge in [0.2, 0.25) is 5.91 Å². The highest BCUT2D eigenvalue weighted by molar-refractivity contribution is 8.00. The normalized spacial score (nSPS) is 17.8. The summed E-state index contributed by atoms with van der Waals surface area (Å²) in [6.07, 6.45) is 2.32. The van der Waals surface area contributed by atoms with Gasteiger partial charge in [-0.05, 0) is 12.8 Å². The van der Waals surface area contributed by atoms with Gasteiger partial charge in [-0.3, -0.25) is 9.59 Å². The average molecular weight is 231 g/mol. The molecule has 0 spiro atoms. The number of likely N-dealkylation sites (tertiary alicyclic amines) is 1. The van der Waals surface area contributed by atoms with Crippen LogP contribution in [-0.4, -0.2) is 46.0 Å². The van der Waals surface area contributed by atoms with Crippen molar-refractivity contribution in [2.75, 3.05) is 18.8 Å². The molecule has 1 unspecified atom stereocenters. The van der Waals surface area contributed by atoms with Crippen molar-refractivity contribution >= 4 is 23.6 Å². The third-order valence-corrected chi connectivity index (χ3v) is 3.56. The van der Waals surface area contributed by atoms with Crippen LogP contribution in [0.5, 0.6) is 0 Å². The maximum atomic E-state index is 11.6. The number of carbonyl (C=O) groups excluding carboxylic acids is 1. The Morgan fingerprint density at radius 3 is 2.53 bits per heavy atom. The maximum absolute atomic E-state index is 11.6. The van der Waals surface area contributed by atoms with E-state index in [0.29, 0.717) is 5.75 Å². The highest BCUT2D eigenvalue weighted by atomic mass is 32.2. The van der Waals surface area contributed by atoms with E-state index < -0.39 is 5.97 Å². The summed E-state index contributed by atoms with van der Waals surface area (Å²) in [5.41, 5.74) is 0. The number of amides is 1. The van der Waals surface area contributed by atoms with E-state index in [1.54, 1.807) is 0 Å². The molecule has 1 atom stereocenters. The lowest BCUT2D eigenvalue weighted by Gasteiger charge is -2.16. The van der Waals surface area contributed by atoms with E-state index in [2.05, 4.69) is 0 Å². The standard InChI is InChI=1S/C10H17NO3S/c1-8(6-10(13)14)15-7-9(12)11-4-2-3-5-11/h8H,2-7H2,1H3,(H,13,14). The predicted molar refractivity (Wildman–Crippen MR) is 60.0 cm³/mol. The van der Waals surface area contributed by atoms with Crippen molar-refractivity contribution in [2.24, 2.45) is 0 Å². The molecule has 0 aromatic heterocycles. The van der Waals surface area contributed by atoms with E-state index in [4.69, 9.17) is 5.11 Å². The first-order valence-electron chi connectivity index (χ1n) is 5.21. The van der Waals surface area contributed by atoms with Crippen LogP contribution in [0.1, 0.15) is 26.2 Å². The minimum Gasteiger partial charge on any atom is -0.481 e. The third kappa shape index (κ3) is 4.55. The SMILES string of the molecule is CC(CC(=O)O)SCC(=O)N1CCCC1. The lowest BCUT2D eigenvalue weighted by molar-refractivity contribution is -0.137. The summed E-state index contributed by atoms with van der Waals surface area (Å²) in [6, 6.07) is 0. The molecule has 0 saturated carbocycles. The number of rotatable bonds is 5. The summed E-state index contributed by atoms with van der Waals surface area (Å²) in [7, 11) is 0. The summed E-state index contributed by atoms with van der Waals surface area (Å²) in [5, 5.41) is 8.56. The summed E-state index contributed by atoms with van der Waals surface area (Å²) in [5.74, 6) is -0.243. The Labute approximate surface area is 94.0 Å². The number of nitrogens with zero attached hydrogens (tertiary/aromatic N) is 1. The number of carboxylic acids is 1. The van der Waals surface area contributed by atoms with Crippen LogP contribution in [-0.2, 0) is 9.59 Å². The van der Waals surface area contributed by atoms with Crippen LogP contribution in [0.15, 0.2) is 0 Å². The summed E-state index contributed by atoms with van der Waals surface area (Å²) < 4.78 is 0. The minimum absolute atomic E-state index is 0.00838. The van der Waals surface area contributed by atoms with Gasteiger partial charge in [0, 0.05) is 18.3 Å². The van der Waals surface area contributed by atoms with E-state index in [0.717, 1.165) is 25.9 Å². The second-order valence-corrected chi connectivity index (χ2v) is 5.23. The Balaban J connectivity index is 2.18. The van der Waals surface area contributed by atoms with E-state index in [1.807, 2.05) is 11.8 Å². The number of hydrogen-bond donors (Lipinski definition) is 1. The number of aliphatic carboxylic acids is 1. The van der Waals surface area contributed by atoms with Crippen molar-refractivity contribution in [1.29, 1.82) is 0 Å². The van der Waals surface area contributed by atoms with Gasteiger partial charge in [-0.25, -0.2) is 0 Å². The monoisotopic (exact) mass is 231 g/mol. The second-order valence-electron chi connectivity index (χ2n) is 3.81. The number of hydrogen-bond acceptors (Lipinski definition) is 3. The first kappa shape index (κ1) is 12.4. The van der Waals surface area contributed by atoms with Crippen LogP contribution < -0.4 is 0 Å². The highest BCUT2D eigenvalue weighted by Gasteiger charge is 2.18. The van der Waals surface area contributed by atoms with E-state index >= 15 is 0 Å². The molecular formula is C10H17NO3S. The molecule has 1 amide bonds. The highest BCUT2D eigenvalue weighted by Crippen LogP contribution is 2.16. The molecule has 0 aromatic carbocycles. The Morgan fingerprint density at radius 1 is 1.40 bits per heavy atom. The van der Waals surface area contributed by atoms with E-state index in [9.17, 15) is 9.59 Å².